The predicted octanol–water partition coefficient (Wildman–Crippen LogP) is 2.66. The Balaban J connectivity index is 3.02. The molecule has 0 aliphatic carbocycles. The van der Waals surface area contributed by atoms with E-state index in [9.17, 15) is 13.6 Å². The number of hydrogen-bond donors (Lipinski definition) is 1. The van der Waals surface area contributed by atoms with Crippen LogP contribution in [0.25, 0.3) is 0 Å². The van der Waals surface area contributed by atoms with Crippen molar-refractivity contribution in [1.29, 1.82) is 0 Å². The van der Waals surface area contributed by atoms with E-state index < -0.39 is 17.9 Å². The van der Waals surface area contributed by atoms with Gasteiger partial charge in [-0.2, -0.15) is 8.78 Å². The van der Waals surface area contributed by atoms with Crippen molar-refractivity contribution < 1.29 is 23.0 Å². The van der Waals surface area contributed by atoms with Gasteiger partial charge in [-0.3, -0.25) is 0 Å². The molecule has 0 bridgehead atoms. The van der Waals surface area contributed by atoms with E-state index in [-0.39, 0.29) is 12.2 Å². The number of benzene rings is 1. The van der Waals surface area contributed by atoms with Crippen LogP contribution in [0.4, 0.5) is 8.78 Å². The van der Waals surface area contributed by atoms with Gasteiger partial charge in [0.25, 0.3) is 0 Å². The smallest absolute Gasteiger partial charge is 0.379 e. The standard InChI is InChI=1S/C12H14BrF2NO3/c1-3-19-11(17)12(14,15)10(16)7-4-5-9(18-2)8(13)6-7/h4-6,10H,3,16H2,1-2H3/t10-/m1/s1. The maximum Gasteiger partial charge on any atom is 0.379 e. The Labute approximate surface area is 118 Å². The Morgan fingerprint density at radius 3 is 2.63 bits per heavy atom. The van der Waals surface area contributed by atoms with Gasteiger partial charge >= 0.3 is 11.9 Å². The molecule has 7 heteroatoms. The highest BCUT2D eigenvalue weighted by Gasteiger charge is 2.47. The van der Waals surface area contributed by atoms with E-state index in [4.69, 9.17) is 10.5 Å². The van der Waals surface area contributed by atoms with E-state index in [1.807, 2.05) is 0 Å². The highest BCUT2D eigenvalue weighted by Crippen LogP contribution is 2.34. The highest BCUT2D eigenvalue weighted by molar-refractivity contribution is 9.10. The number of ether oxygens (including phenoxy) is 2. The lowest BCUT2D eigenvalue weighted by atomic mass is 10.0. The number of methoxy groups -OCH3 is 1. The van der Waals surface area contributed by atoms with Crippen molar-refractivity contribution in [3.8, 4) is 5.75 Å². The quantitative estimate of drug-likeness (QED) is 0.839. The number of esters is 1. The van der Waals surface area contributed by atoms with Crippen LogP contribution in [-0.4, -0.2) is 25.6 Å². The lowest BCUT2D eigenvalue weighted by Crippen LogP contribution is -2.41. The molecule has 0 radical (unpaired) electrons. The number of carbonyl (C=O) groups is 1. The molecule has 0 aromatic heterocycles. The van der Waals surface area contributed by atoms with Crippen LogP contribution in [-0.2, 0) is 9.53 Å². The lowest BCUT2D eigenvalue weighted by molar-refractivity contribution is -0.174. The van der Waals surface area contributed by atoms with Gasteiger partial charge in [-0.05, 0) is 40.5 Å². The molecule has 0 fully saturated rings. The fourth-order valence-corrected chi connectivity index (χ4v) is 2.00. The summed E-state index contributed by atoms with van der Waals surface area (Å²) in [6, 6.07) is 2.46. The predicted molar refractivity (Wildman–Crippen MR) is 69.2 cm³/mol. The first kappa shape index (κ1) is 15.8. The first-order valence-corrected chi connectivity index (χ1v) is 6.28. The first-order chi connectivity index (χ1) is 8.84. The van der Waals surface area contributed by atoms with Crippen molar-refractivity contribution in [3.63, 3.8) is 0 Å². The molecule has 0 heterocycles. The van der Waals surface area contributed by atoms with Crippen LogP contribution in [0.3, 0.4) is 0 Å². The molecule has 1 aromatic carbocycles. The van der Waals surface area contributed by atoms with Gasteiger partial charge in [0.15, 0.2) is 0 Å². The van der Waals surface area contributed by atoms with E-state index >= 15 is 0 Å². The summed E-state index contributed by atoms with van der Waals surface area (Å²) in [5, 5.41) is 0. The van der Waals surface area contributed by atoms with Gasteiger partial charge in [0.2, 0.25) is 0 Å². The summed E-state index contributed by atoms with van der Waals surface area (Å²) in [7, 11) is 1.45. The van der Waals surface area contributed by atoms with E-state index in [1.54, 1.807) is 0 Å². The molecule has 0 amide bonds. The molecule has 0 saturated carbocycles. The maximum atomic E-state index is 13.8. The fraction of sp³-hybridized carbons (Fsp3) is 0.417. The van der Waals surface area contributed by atoms with Gasteiger partial charge in [-0.15, -0.1) is 0 Å². The van der Waals surface area contributed by atoms with Gasteiger partial charge in [-0.25, -0.2) is 4.79 Å². The van der Waals surface area contributed by atoms with Crippen LogP contribution in [0.15, 0.2) is 22.7 Å². The molecule has 1 aromatic rings. The third-order valence-corrected chi connectivity index (χ3v) is 3.09. The zero-order chi connectivity index (χ0) is 14.6. The van der Waals surface area contributed by atoms with E-state index in [0.29, 0.717) is 10.2 Å². The second kappa shape index (κ2) is 6.29. The van der Waals surface area contributed by atoms with Crippen LogP contribution in [0, 0.1) is 0 Å². The summed E-state index contributed by atoms with van der Waals surface area (Å²) in [5.74, 6) is -4.94. The van der Waals surface area contributed by atoms with Crippen LogP contribution < -0.4 is 10.5 Å². The molecular formula is C12H14BrF2NO3. The number of nitrogens with two attached hydrogens (primary N) is 1. The SMILES string of the molecule is CCOC(=O)C(F)(F)[C@H](N)c1ccc(OC)c(Br)c1. The summed E-state index contributed by atoms with van der Waals surface area (Å²) in [4.78, 5) is 11.2. The summed E-state index contributed by atoms with van der Waals surface area (Å²) in [5.41, 5.74) is 5.55. The minimum absolute atomic E-state index is 0.103. The third kappa shape index (κ3) is 3.42. The highest BCUT2D eigenvalue weighted by atomic mass is 79.9. The number of carbonyl (C=O) groups excluding carboxylic acids is 1. The normalized spacial score (nSPS) is 12.9. The maximum absolute atomic E-state index is 13.8. The third-order valence-electron chi connectivity index (χ3n) is 2.47. The van der Waals surface area contributed by atoms with Crippen LogP contribution in [0.2, 0.25) is 0 Å². The average molecular weight is 338 g/mol. The second-order valence-corrected chi connectivity index (χ2v) is 4.57. The summed E-state index contributed by atoms with van der Waals surface area (Å²) in [6.45, 7) is 1.32. The summed E-state index contributed by atoms with van der Waals surface area (Å²) < 4.78 is 37.3. The van der Waals surface area contributed by atoms with Crippen molar-refractivity contribution in [2.75, 3.05) is 13.7 Å². The van der Waals surface area contributed by atoms with E-state index in [1.165, 1.54) is 32.2 Å². The molecule has 0 saturated heterocycles. The Bertz CT molecular complexity index is 468. The molecule has 0 unspecified atom stereocenters. The number of halogens is 3. The van der Waals surface area contributed by atoms with Crippen LogP contribution in [0.5, 0.6) is 5.75 Å². The first-order valence-electron chi connectivity index (χ1n) is 5.48. The minimum atomic E-state index is -3.79. The Hall–Kier alpha value is -1.21. The van der Waals surface area contributed by atoms with Crippen LogP contribution in [0.1, 0.15) is 18.5 Å². The Morgan fingerprint density at radius 2 is 2.16 bits per heavy atom. The largest absolute Gasteiger partial charge is 0.496 e. The number of hydrogen-bond acceptors (Lipinski definition) is 4. The van der Waals surface area contributed by atoms with Crippen molar-refractivity contribution in [2.24, 2.45) is 5.73 Å². The topological polar surface area (TPSA) is 61.5 Å². The Morgan fingerprint density at radius 1 is 1.53 bits per heavy atom. The average Bonchev–Trinajstić information content (AvgIpc) is 2.37. The van der Waals surface area contributed by atoms with Crippen molar-refractivity contribution in [2.45, 2.75) is 18.9 Å². The molecule has 1 atom stereocenters. The van der Waals surface area contributed by atoms with E-state index in [2.05, 4.69) is 20.7 Å². The number of alkyl halides is 2. The zero-order valence-corrected chi connectivity index (χ0v) is 12.0. The monoisotopic (exact) mass is 337 g/mol. The van der Waals surface area contributed by atoms with E-state index in [0.717, 1.165) is 0 Å². The second-order valence-electron chi connectivity index (χ2n) is 3.72. The van der Waals surface area contributed by atoms with Gasteiger partial charge in [0.1, 0.15) is 11.8 Å². The fourth-order valence-electron chi connectivity index (χ4n) is 1.44. The molecule has 0 aliphatic rings. The molecular weight excluding hydrogens is 324 g/mol. The van der Waals surface area contributed by atoms with Crippen molar-refractivity contribution >= 4 is 21.9 Å². The van der Waals surface area contributed by atoms with Gasteiger partial charge in [0, 0.05) is 0 Å². The summed E-state index contributed by atoms with van der Waals surface area (Å²) >= 11 is 3.17. The molecule has 2 N–H and O–H groups in total. The Kier molecular flexibility index (Phi) is 5.25. The van der Waals surface area contributed by atoms with Gasteiger partial charge in [-0.1, -0.05) is 6.07 Å². The van der Waals surface area contributed by atoms with Crippen molar-refractivity contribution in [3.05, 3.63) is 28.2 Å². The zero-order valence-electron chi connectivity index (χ0n) is 10.5. The molecule has 1 rings (SSSR count). The molecule has 106 valence electrons. The molecule has 0 spiro atoms. The number of rotatable bonds is 5. The molecule has 0 aliphatic heterocycles. The molecule has 19 heavy (non-hydrogen) atoms. The van der Waals surface area contributed by atoms with Crippen molar-refractivity contribution in [1.82, 2.24) is 0 Å². The lowest BCUT2D eigenvalue weighted by Gasteiger charge is -2.22. The minimum Gasteiger partial charge on any atom is -0.496 e. The van der Waals surface area contributed by atoms with Gasteiger partial charge < -0.3 is 15.2 Å². The van der Waals surface area contributed by atoms with Gasteiger partial charge in [0.05, 0.1) is 18.2 Å². The summed E-state index contributed by atoms with van der Waals surface area (Å²) in [6.07, 6.45) is 0. The van der Waals surface area contributed by atoms with Crippen LogP contribution >= 0.6 is 15.9 Å². The molecule has 4 nitrogen and oxygen atoms in total.